The normalized spacial score (nSPS) is 48.3. The van der Waals surface area contributed by atoms with Crippen molar-refractivity contribution in [3.05, 3.63) is 64.9 Å². The van der Waals surface area contributed by atoms with E-state index in [0.717, 1.165) is 81.0 Å². The standard InChI is InChI=1S/C43H50N4O7/c1-51-29-9-5-7-27-31(29)47-23-40(21-24-20-38-13-18-53-30(38)10-15-45-16-12-42(27,35(38)45)43(24,47)50)36-39(14-19-54-36)22-25(33(48)52-2)32-41(11-17-46(34(39)41)37(40)49)26-6-3-4-8-28(26)44-32/h3-9,24,30,34-37,44,49-50H,10-23H2,1-2H3/t24-,30-,34-,35-,36+,37+,38+,39-,40-,41-,42+,43+/m0/s1. The molecule has 2 aliphatic carbocycles. The van der Waals surface area contributed by atoms with E-state index in [1.54, 1.807) is 7.11 Å². The summed E-state index contributed by atoms with van der Waals surface area (Å²) in [4.78, 5) is 21.4. The van der Waals surface area contributed by atoms with Crippen LogP contribution in [-0.4, -0.2) is 116 Å². The number of aliphatic hydroxyl groups is 2. The molecular weight excluding hydrogens is 684 g/mol. The number of hydrogen-bond acceptors (Lipinski definition) is 11. The summed E-state index contributed by atoms with van der Waals surface area (Å²) in [6.07, 6.45) is 5.48. The summed E-state index contributed by atoms with van der Waals surface area (Å²) in [6.45, 7) is 4.41. The lowest BCUT2D eigenvalue weighted by Gasteiger charge is -2.71. The number of fused-ring (bicyclic) bond motifs is 4. The summed E-state index contributed by atoms with van der Waals surface area (Å²) in [7, 11) is 3.23. The van der Waals surface area contributed by atoms with Crippen molar-refractivity contribution in [2.75, 3.05) is 63.8 Å². The third kappa shape index (κ3) is 3.03. The molecular formula is C43H50N4O7. The SMILES string of the molecule is COC(=O)C1=C2Nc3ccccc3[C@@]23CCN2[C@H](O)[C@]4(C[C@@H]5C[C@]67CCO[C@H]6CCN6CC[C@@]8(c9cccc(OC)c9N(C4)[C@@]58O)[C@@H]67)[C@@H]4OCC[C@]4(C1)[C@H]23. The highest BCUT2D eigenvalue weighted by molar-refractivity contribution is 5.93. The molecule has 2 aromatic rings. The molecule has 3 N–H and O–H groups in total. The van der Waals surface area contributed by atoms with Gasteiger partial charge < -0.3 is 39.4 Å². The lowest BCUT2D eigenvalue weighted by Crippen LogP contribution is -2.82. The number of carbonyl (C=O) groups excluding carboxylic acids is 1. The highest BCUT2D eigenvalue weighted by Crippen LogP contribution is 2.78. The number of methoxy groups -OCH3 is 2. The summed E-state index contributed by atoms with van der Waals surface area (Å²) < 4.78 is 25.6. The molecule has 11 nitrogen and oxygen atoms in total. The van der Waals surface area contributed by atoms with E-state index in [9.17, 15) is 15.0 Å². The average molecular weight is 735 g/mol. The van der Waals surface area contributed by atoms with Crippen molar-refractivity contribution < 1.29 is 34.0 Å². The molecule has 0 amide bonds. The Labute approximate surface area is 315 Å². The van der Waals surface area contributed by atoms with Crippen LogP contribution in [0.25, 0.3) is 0 Å². The molecule has 12 atom stereocenters. The first-order valence-electron chi connectivity index (χ1n) is 20.5. The van der Waals surface area contributed by atoms with Gasteiger partial charge in [-0.05, 0) is 81.2 Å². The van der Waals surface area contributed by atoms with Crippen LogP contribution in [0.3, 0.4) is 0 Å². The van der Waals surface area contributed by atoms with E-state index >= 15 is 0 Å². The number of ether oxygens (including phenoxy) is 4. The highest BCUT2D eigenvalue weighted by Gasteiger charge is 2.84. The summed E-state index contributed by atoms with van der Waals surface area (Å²) in [5.41, 5.74) is 2.62. The number of hydrogen-bond donors (Lipinski definition) is 3. The Balaban J connectivity index is 1.04. The number of esters is 1. The Kier molecular flexibility index (Phi) is 5.82. The van der Waals surface area contributed by atoms with Gasteiger partial charge in [0.2, 0.25) is 0 Å². The van der Waals surface area contributed by atoms with Crippen LogP contribution in [0, 0.1) is 22.2 Å². The van der Waals surface area contributed by atoms with Gasteiger partial charge >= 0.3 is 5.97 Å². The number of nitrogens with zero attached hydrogens (tertiary/aromatic N) is 3. The van der Waals surface area contributed by atoms with Gasteiger partial charge in [0.05, 0.1) is 53.9 Å². The molecule has 9 aliphatic heterocycles. The Bertz CT molecular complexity index is 2090. The minimum atomic E-state index is -1.16. The second-order valence-corrected chi connectivity index (χ2v) is 19.0. The number of benzene rings is 2. The summed E-state index contributed by atoms with van der Waals surface area (Å²) >= 11 is 0. The number of piperidine rings is 3. The first-order chi connectivity index (χ1) is 26.2. The number of carbonyl (C=O) groups is 1. The molecule has 5 spiro atoms. The lowest BCUT2D eigenvalue weighted by molar-refractivity contribution is -0.276. The first kappa shape index (κ1) is 32.0. The molecule has 8 fully saturated rings. The Morgan fingerprint density at radius 2 is 1.72 bits per heavy atom. The summed E-state index contributed by atoms with van der Waals surface area (Å²) in [6, 6.07) is 15.0. The van der Waals surface area contributed by atoms with Crippen LogP contribution >= 0.6 is 0 Å². The lowest BCUT2D eigenvalue weighted by atomic mass is 9.43. The van der Waals surface area contributed by atoms with Gasteiger partial charge in [0.25, 0.3) is 0 Å². The molecule has 0 unspecified atom stereocenters. The maximum absolute atomic E-state index is 14.0. The Morgan fingerprint density at radius 3 is 2.59 bits per heavy atom. The van der Waals surface area contributed by atoms with E-state index in [2.05, 4.69) is 56.4 Å². The van der Waals surface area contributed by atoms with E-state index in [-0.39, 0.29) is 41.6 Å². The van der Waals surface area contributed by atoms with Crippen LogP contribution in [0.5, 0.6) is 5.75 Å². The predicted molar refractivity (Wildman–Crippen MR) is 197 cm³/mol. The van der Waals surface area contributed by atoms with Crippen LogP contribution in [-0.2, 0) is 29.8 Å². The number of para-hydroxylation sites is 2. The largest absolute Gasteiger partial charge is 0.495 e. The van der Waals surface area contributed by atoms with Gasteiger partial charge in [-0.1, -0.05) is 30.3 Å². The third-order valence-electron chi connectivity index (χ3n) is 17.9. The smallest absolute Gasteiger partial charge is 0.335 e. The van der Waals surface area contributed by atoms with E-state index in [1.165, 1.54) is 18.2 Å². The molecule has 11 heteroatoms. The van der Waals surface area contributed by atoms with Crippen molar-refractivity contribution >= 4 is 17.3 Å². The number of anilines is 2. The van der Waals surface area contributed by atoms with Gasteiger partial charge in [-0.25, -0.2) is 4.79 Å². The minimum absolute atomic E-state index is 0.0612. The zero-order chi connectivity index (χ0) is 36.2. The fourth-order valence-electron chi connectivity index (χ4n) is 16.7. The number of nitrogens with one attached hydrogen (secondary N) is 1. The van der Waals surface area contributed by atoms with E-state index < -0.39 is 33.6 Å². The zero-order valence-electron chi connectivity index (χ0n) is 31.2. The van der Waals surface area contributed by atoms with Crippen molar-refractivity contribution in [3.63, 3.8) is 0 Å². The van der Waals surface area contributed by atoms with Crippen LogP contribution in [0.4, 0.5) is 11.4 Å². The molecule has 13 rings (SSSR count). The van der Waals surface area contributed by atoms with Crippen molar-refractivity contribution in [1.82, 2.24) is 9.80 Å². The highest BCUT2D eigenvalue weighted by atomic mass is 16.5. The molecule has 9 heterocycles. The van der Waals surface area contributed by atoms with Crippen molar-refractivity contribution in [2.24, 2.45) is 22.2 Å². The molecule has 54 heavy (non-hydrogen) atoms. The molecule has 0 bridgehead atoms. The Hall–Kier alpha value is -3.19. The van der Waals surface area contributed by atoms with Crippen molar-refractivity contribution in [2.45, 2.75) is 98.4 Å². The number of aliphatic hydroxyl groups excluding tert-OH is 1. The first-order valence-corrected chi connectivity index (χ1v) is 20.5. The van der Waals surface area contributed by atoms with Gasteiger partial charge in [0.1, 0.15) is 12.0 Å². The number of rotatable bonds is 2. The summed E-state index contributed by atoms with van der Waals surface area (Å²) in [5, 5.41) is 31.2. The molecule has 7 saturated heterocycles. The fraction of sp³-hybridized carbons (Fsp3) is 0.651. The monoisotopic (exact) mass is 734 g/mol. The zero-order valence-corrected chi connectivity index (χ0v) is 31.2. The van der Waals surface area contributed by atoms with Crippen LogP contribution in [0.1, 0.15) is 62.5 Å². The van der Waals surface area contributed by atoms with Crippen LogP contribution in [0.2, 0.25) is 0 Å². The van der Waals surface area contributed by atoms with Crippen molar-refractivity contribution in [3.8, 4) is 5.75 Å². The maximum Gasteiger partial charge on any atom is 0.335 e. The van der Waals surface area contributed by atoms with Crippen LogP contribution < -0.4 is 15.0 Å². The van der Waals surface area contributed by atoms with Gasteiger partial charge in [0.15, 0.2) is 5.72 Å². The third-order valence-corrected chi connectivity index (χ3v) is 17.9. The molecule has 1 saturated carbocycles. The summed E-state index contributed by atoms with van der Waals surface area (Å²) in [5.74, 6) is 0.350. The molecule has 11 aliphatic rings. The quantitative estimate of drug-likeness (QED) is 0.394. The Morgan fingerprint density at radius 1 is 0.907 bits per heavy atom. The second-order valence-electron chi connectivity index (χ2n) is 19.0. The van der Waals surface area contributed by atoms with E-state index in [4.69, 9.17) is 18.9 Å². The average Bonchev–Trinajstić information content (AvgIpc) is 4.04. The predicted octanol–water partition coefficient (Wildman–Crippen LogP) is 3.48. The molecule has 284 valence electrons. The van der Waals surface area contributed by atoms with E-state index in [0.29, 0.717) is 38.1 Å². The van der Waals surface area contributed by atoms with Gasteiger partial charge in [-0.2, -0.15) is 0 Å². The molecule has 0 radical (unpaired) electrons. The second kappa shape index (κ2) is 9.84. The van der Waals surface area contributed by atoms with Crippen molar-refractivity contribution in [1.29, 1.82) is 0 Å². The maximum atomic E-state index is 14.0. The minimum Gasteiger partial charge on any atom is -0.495 e. The molecule has 2 aromatic carbocycles. The topological polar surface area (TPSA) is 116 Å². The van der Waals surface area contributed by atoms with Gasteiger partial charge in [0, 0.05) is 73.1 Å². The van der Waals surface area contributed by atoms with E-state index in [1.807, 2.05) is 6.07 Å². The van der Waals surface area contributed by atoms with Gasteiger partial charge in [-0.3, -0.25) is 9.80 Å². The van der Waals surface area contributed by atoms with Gasteiger partial charge in [-0.15, -0.1) is 0 Å². The van der Waals surface area contributed by atoms with Crippen LogP contribution in [0.15, 0.2) is 53.7 Å². The fourth-order valence-corrected chi connectivity index (χ4v) is 16.7. The molecule has 0 aromatic heterocycles.